The van der Waals surface area contributed by atoms with Gasteiger partial charge in [-0.05, 0) is 36.2 Å². The fourth-order valence-corrected chi connectivity index (χ4v) is 3.04. The third kappa shape index (κ3) is 4.57. The van der Waals surface area contributed by atoms with Crippen LogP contribution < -0.4 is 0 Å². The third-order valence-electron chi connectivity index (χ3n) is 4.30. The van der Waals surface area contributed by atoms with Gasteiger partial charge in [-0.25, -0.2) is 9.59 Å². The summed E-state index contributed by atoms with van der Waals surface area (Å²) in [6.07, 6.45) is -4.89. The Labute approximate surface area is 174 Å². The maximum Gasteiger partial charge on any atom is 0.437 e. The number of carbonyl (C=O) groups excluding carboxylic acids is 2. The highest BCUT2D eigenvalue weighted by Crippen LogP contribution is 2.37. The number of ether oxygens (including phenoxy) is 2. The predicted molar refractivity (Wildman–Crippen MR) is 105 cm³/mol. The zero-order valence-electron chi connectivity index (χ0n) is 16.6. The van der Waals surface area contributed by atoms with Crippen molar-refractivity contribution >= 4 is 28.3 Å². The van der Waals surface area contributed by atoms with Gasteiger partial charge in [0.05, 0.1) is 13.2 Å². The number of H-pyrrole nitrogens is 1. The Kier molecular flexibility index (Phi) is 6.38. The molecule has 2 aromatic carbocycles. The maximum atomic E-state index is 13.6. The van der Waals surface area contributed by atoms with Gasteiger partial charge in [0.2, 0.25) is 0 Å². The molecule has 1 aromatic heterocycles. The van der Waals surface area contributed by atoms with E-state index in [2.05, 4.69) is 10.2 Å². The van der Waals surface area contributed by atoms with Crippen molar-refractivity contribution in [1.29, 1.82) is 0 Å². The number of nitrogens with zero attached hydrogens (tertiary/aromatic N) is 2. The van der Waals surface area contributed by atoms with Crippen molar-refractivity contribution in [1.82, 2.24) is 15.4 Å². The van der Waals surface area contributed by atoms with Crippen molar-refractivity contribution in [2.75, 3.05) is 13.2 Å². The van der Waals surface area contributed by atoms with Gasteiger partial charge in [-0.3, -0.25) is 0 Å². The van der Waals surface area contributed by atoms with E-state index < -0.39 is 35.1 Å². The lowest BCUT2D eigenvalue weighted by Crippen LogP contribution is -2.22. The minimum atomic E-state index is -4.89. The molecule has 0 atom stereocenters. The van der Waals surface area contributed by atoms with Gasteiger partial charge in [0.15, 0.2) is 11.3 Å². The summed E-state index contributed by atoms with van der Waals surface area (Å²) < 4.78 is 50.7. The molecular weight excluding hydrogens is 415 g/mol. The van der Waals surface area contributed by atoms with E-state index in [1.807, 2.05) is 11.3 Å². The molecule has 0 spiro atoms. The number of hydrogen-bond acceptors (Lipinski definition) is 6. The van der Waals surface area contributed by atoms with Gasteiger partial charge in [-0.15, -0.1) is 0 Å². The molecule has 0 aliphatic rings. The number of hydrogen-bond donors (Lipinski definition) is 1. The molecule has 162 valence electrons. The summed E-state index contributed by atoms with van der Waals surface area (Å²) in [4.78, 5) is 25.3. The largest absolute Gasteiger partial charge is 0.462 e. The molecule has 0 bridgehead atoms. The molecule has 0 unspecified atom stereocenters. The Balaban J connectivity index is 2.39. The van der Waals surface area contributed by atoms with Crippen molar-refractivity contribution in [3.05, 3.63) is 65.0 Å². The summed E-state index contributed by atoms with van der Waals surface area (Å²) in [5.41, 5.74) is -3.02. The first-order valence-corrected chi connectivity index (χ1v) is 9.33. The molecule has 3 rings (SSSR count). The maximum absolute atomic E-state index is 13.6. The standard InChI is InChI=1S/C21H18F3N3O4/c1-3-30-19(28)16(20(29)31-4-2)15(17-18(21(22,23)24)26-27-25-17)14-10-9-12-7-5-6-8-13(12)11-14/h5-11H,3-4H2,1-2H3,(H,25,26,27). The fourth-order valence-electron chi connectivity index (χ4n) is 3.04. The number of alkyl halides is 3. The van der Waals surface area contributed by atoms with Crippen LogP contribution in [0.2, 0.25) is 0 Å². The van der Waals surface area contributed by atoms with Crippen LogP contribution in [-0.2, 0) is 25.2 Å². The molecule has 0 saturated carbocycles. The molecule has 0 aliphatic heterocycles. The summed E-state index contributed by atoms with van der Waals surface area (Å²) in [6, 6.07) is 11.8. The minimum Gasteiger partial charge on any atom is -0.462 e. The van der Waals surface area contributed by atoms with Crippen molar-refractivity contribution in [2.24, 2.45) is 0 Å². The highest BCUT2D eigenvalue weighted by molar-refractivity contribution is 6.22. The number of rotatable bonds is 6. The van der Waals surface area contributed by atoms with Crippen LogP contribution in [0, 0.1) is 0 Å². The van der Waals surface area contributed by atoms with E-state index in [0.29, 0.717) is 5.39 Å². The van der Waals surface area contributed by atoms with Crippen molar-refractivity contribution in [2.45, 2.75) is 20.0 Å². The molecule has 31 heavy (non-hydrogen) atoms. The van der Waals surface area contributed by atoms with E-state index in [-0.39, 0.29) is 24.4 Å². The smallest absolute Gasteiger partial charge is 0.437 e. The number of aromatic nitrogens is 3. The number of benzene rings is 2. The Hall–Kier alpha value is -3.69. The van der Waals surface area contributed by atoms with E-state index in [0.717, 1.165) is 5.39 Å². The molecule has 3 aromatic rings. The average molecular weight is 433 g/mol. The topological polar surface area (TPSA) is 94.2 Å². The summed E-state index contributed by atoms with van der Waals surface area (Å²) >= 11 is 0. The lowest BCUT2D eigenvalue weighted by atomic mass is 9.93. The normalized spacial score (nSPS) is 11.3. The number of aromatic amines is 1. The van der Waals surface area contributed by atoms with Crippen molar-refractivity contribution < 1.29 is 32.2 Å². The highest BCUT2D eigenvalue weighted by atomic mass is 19.4. The van der Waals surface area contributed by atoms with Gasteiger partial charge >= 0.3 is 18.1 Å². The van der Waals surface area contributed by atoms with Crippen LogP contribution in [-0.4, -0.2) is 40.6 Å². The zero-order valence-corrected chi connectivity index (χ0v) is 16.6. The lowest BCUT2D eigenvalue weighted by Gasteiger charge is -2.15. The number of esters is 2. The Bertz CT molecular complexity index is 1130. The summed E-state index contributed by atoms with van der Waals surface area (Å²) in [5.74, 6) is -2.25. The molecule has 1 N–H and O–H groups in total. The SMILES string of the molecule is CCOC(=O)C(C(=O)OCC)=C(c1ccc2ccccc2c1)c1n[nH]nc1C(F)(F)F. The zero-order chi connectivity index (χ0) is 22.6. The van der Waals surface area contributed by atoms with E-state index in [1.54, 1.807) is 30.3 Å². The number of fused-ring (bicyclic) bond motifs is 1. The predicted octanol–water partition coefficient (Wildman–Crippen LogP) is 3.90. The van der Waals surface area contributed by atoms with Gasteiger partial charge in [0.1, 0.15) is 5.69 Å². The van der Waals surface area contributed by atoms with Crippen LogP contribution >= 0.6 is 0 Å². The van der Waals surface area contributed by atoms with Gasteiger partial charge in [0, 0.05) is 5.57 Å². The summed E-state index contributed by atoms with van der Waals surface area (Å²) in [6.45, 7) is 2.82. The number of carbonyl (C=O) groups is 2. The second kappa shape index (κ2) is 8.99. The third-order valence-corrected chi connectivity index (χ3v) is 4.30. The van der Waals surface area contributed by atoms with E-state index in [1.165, 1.54) is 19.9 Å². The molecular formula is C21H18F3N3O4. The van der Waals surface area contributed by atoms with E-state index >= 15 is 0 Å². The lowest BCUT2D eigenvalue weighted by molar-refractivity contribution is -0.147. The Morgan fingerprint density at radius 3 is 2.13 bits per heavy atom. The van der Waals surface area contributed by atoms with E-state index in [4.69, 9.17) is 9.47 Å². The molecule has 7 nitrogen and oxygen atoms in total. The van der Waals surface area contributed by atoms with Gasteiger partial charge in [-0.2, -0.15) is 28.6 Å². The first-order chi connectivity index (χ1) is 14.8. The van der Waals surface area contributed by atoms with Crippen LogP contribution in [0.25, 0.3) is 16.3 Å². The molecule has 1 heterocycles. The Morgan fingerprint density at radius 2 is 1.55 bits per heavy atom. The average Bonchev–Trinajstić information content (AvgIpc) is 3.21. The second-order valence-corrected chi connectivity index (χ2v) is 6.27. The highest BCUT2D eigenvalue weighted by Gasteiger charge is 2.41. The molecule has 10 heteroatoms. The number of nitrogens with one attached hydrogen (secondary N) is 1. The van der Waals surface area contributed by atoms with Gasteiger partial charge in [0.25, 0.3) is 0 Å². The van der Waals surface area contributed by atoms with Crippen LogP contribution in [0.5, 0.6) is 0 Å². The molecule has 0 radical (unpaired) electrons. The minimum absolute atomic E-state index is 0.0995. The van der Waals surface area contributed by atoms with Crippen molar-refractivity contribution in [3.8, 4) is 0 Å². The van der Waals surface area contributed by atoms with Crippen molar-refractivity contribution in [3.63, 3.8) is 0 Å². The quantitative estimate of drug-likeness (QED) is 0.274. The van der Waals surface area contributed by atoms with Crippen LogP contribution in [0.4, 0.5) is 13.2 Å². The second-order valence-electron chi connectivity index (χ2n) is 6.27. The van der Waals surface area contributed by atoms with Gasteiger partial charge < -0.3 is 9.47 Å². The number of halogens is 3. The van der Waals surface area contributed by atoms with E-state index in [9.17, 15) is 22.8 Å². The van der Waals surface area contributed by atoms with Gasteiger partial charge in [-0.1, -0.05) is 36.4 Å². The fraction of sp³-hybridized carbons (Fsp3) is 0.238. The van der Waals surface area contributed by atoms with Crippen LogP contribution in [0.15, 0.2) is 48.0 Å². The molecule has 0 amide bonds. The molecule has 0 saturated heterocycles. The first kappa shape index (κ1) is 22.0. The Morgan fingerprint density at radius 1 is 0.935 bits per heavy atom. The molecule has 0 fully saturated rings. The molecule has 0 aliphatic carbocycles. The first-order valence-electron chi connectivity index (χ1n) is 9.33. The summed E-state index contributed by atoms with van der Waals surface area (Å²) in [5, 5.41) is 10.2. The van der Waals surface area contributed by atoms with Crippen LogP contribution in [0.1, 0.15) is 30.8 Å². The summed E-state index contributed by atoms with van der Waals surface area (Å²) in [7, 11) is 0. The monoisotopic (exact) mass is 433 g/mol. The van der Waals surface area contributed by atoms with Crippen LogP contribution in [0.3, 0.4) is 0 Å².